The van der Waals surface area contributed by atoms with Crippen molar-refractivity contribution < 1.29 is 28.6 Å². The third-order valence-corrected chi connectivity index (χ3v) is 8.02. The molecular weight excluding hydrogens is 585 g/mol. The Morgan fingerprint density at radius 1 is 1.07 bits per heavy atom. The monoisotopic (exact) mass is 618 g/mol. The maximum Gasteiger partial charge on any atom is 0.258 e. The van der Waals surface area contributed by atoms with Gasteiger partial charge in [-0.25, -0.2) is 8.78 Å². The minimum absolute atomic E-state index is 0. The number of aliphatic hydroxyl groups excluding tert-OH is 1. The highest BCUT2D eigenvalue weighted by atomic mass is 35.5. The Bertz CT molecular complexity index is 1200. The Morgan fingerprint density at radius 2 is 1.62 bits per heavy atom. The summed E-state index contributed by atoms with van der Waals surface area (Å²) in [5.74, 6) is -2.64. The van der Waals surface area contributed by atoms with Crippen LogP contribution in [0.25, 0.3) is 0 Å². The average molecular weight is 620 g/mol. The van der Waals surface area contributed by atoms with Crippen LogP contribution in [0.4, 0.5) is 14.5 Å². The van der Waals surface area contributed by atoms with Gasteiger partial charge in [0.05, 0.1) is 28.3 Å². The summed E-state index contributed by atoms with van der Waals surface area (Å²) in [5, 5.41) is 23.7. The Hall–Kier alpha value is -2.15. The Balaban J connectivity index is 0.00000441. The fourth-order valence-electron chi connectivity index (χ4n) is 5.14. The van der Waals surface area contributed by atoms with Crippen molar-refractivity contribution in [1.82, 2.24) is 14.7 Å². The first-order chi connectivity index (χ1) is 18.4. The fourth-order valence-corrected chi connectivity index (χ4v) is 5.79. The molecule has 2 amide bonds. The molecule has 2 aromatic carbocycles. The van der Waals surface area contributed by atoms with Gasteiger partial charge < -0.3 is 25.3 Å². The van der Waals surface area contributed by atoms with Crippen molar-refractivity contribution >= 4 is 54.2 Å². The number of amides is 2. The molecule has 2 aromatic rings. The van der Waals surface area contributed by atoms with Gasteiger partial charge in [-0.15, -0.1) is 0 Å². The minimum Gasteiger partial charge on any atom is -0.395 e. The van der Waals surface area contributed by atoms with Gasteiger partial charge in [-0.2, -0.15) is 13.5 Å². The Labute approximate surface area is 249 Å². The van der Waals surface area contributed by atoms with Crippen LogP contribution in [0.15, 0.2) is 30.3 Å². The molecule has 0 aliphatic carbocycles. The van der Waals surface area contributed by atoms with Gasteiger partial charge in [0.15, 0.2) is 5.60 Å². The predicted octanol–water partition coefficient (Wildman–Crippen LogP) is 3.44. The number of likely N-dealkylation sites (tertiary alicyclic amines) is 2. The average Bonchev–Trinajstić information content (AvgIpc) is 2.84. The van der Waals surface area contributed by atoms with E-state index in [1.807, 2.05) is 0 Å². The van der Waals surface area contributed by atoms with E-state index in [4.69, 9.17) is 28.3 Å². The summed E-state index contributed by atoms with van der Waals surface area (Å²) in [5.41, 5.74) is -1.25. The number of hydrogen-bond donors (Lipinski definition) is 3. The number of piperidine rings is 1. The van der Waals surface area contributed by atoms with Gasteiger partial charge in [0.2, 0.25) is 0 Å². The van der Waals surface area contributed by atoms with Gasteiger partial charge in [-0.3, -0.25) is 14.5 Å². The second-order valence-electron chi connectivity index (χ2n) is 10.3. The SMILES string of the molecule is CN(CCO)C(=O)c1c(Cl)cc(NC2CN(C3CCN(C(=O)[C@@](C)(O)c4cc(F)cc(F)c4)CC3)C2)cc1Cl.S. The standard InChI is InChI=1S/C27H32Cl2F2N4O4.H2S/c1-27(39,16-9-17(30)11-18(31)10-16)26(38)34-5-3-21(4-6-34)35-14-20(15-35)32-19-12-22(28)24(23(29)13-19)25(37)33(2)7-8-36;/h9-13,20-21,32,36,39H,3-8,14-15H2,1-2H3;1H2/t27-;/m0./s1. The van der Waals surface area contributed by atoms with Crippen LogP contribution in [0.2, 0.25) is 10.0 Å². The van der Waals surface area contributed by atoms with Crippen LogP contribution in [-0.2, 0) is 10.4 Å². The molecule has 2 aliphatic heterocycles. The number of halogens is 4. The summed E-state index contributed by atoms with van der Waals surface area (Å²) < 4.78 is 27.3. The van der Waals surface area contributed by atoms with Crippen LogP contribution in [0.1, 0.15) is 35.7 Å². The molecule has 3 N–H and O–H groups in total. The number of anilines is 1. The van der Waals surface area contributed by atoms with E-state index in [9.17, 15) is 23.5 Å². The summed E-state index contributed by atoms with van der Waals surface area (Å²) in [6.45, 7) is 3.66. The number of nitrogens with zero attached hydrogens (tertiary/aromatic N) is 3. The van der Waals surface area contributed by atoms with E-state index in [0.717, 1.165) is 25.2 Å². The molecular formula is C27H34Cl2F2N4O4S. The lowest BCUT2D eigenvalue weighted by atomic mass is 9.91. The Morgan fingerprint density at radius 3 is 2.15 bits per heavy atom. The molecule has 2 fully saturated rings. The zero-order valence-corrected chi connectivity index (χ0v) is 24.8. The number of carbonyl (C=O) groups excluding carboxylic acids is 2. The fraction of sp³-hybridized carbons (Fsp3) is 0.481. The highest BCUT2D eigenvalue weighted by molar-refractivity contribution is 7.59. The van der Waals surface area contributed by atoms with Gasteiger partial charge in [0.25, 0.3) is 11.8 Å². The van der Waals surface area contributed by atoms with E-state index in [-0.39, 0.29) is 65.8 Å². The molecule has 2 heterocycles. The normalized spacial score (nSPS) is 17.9. The van der Waals surface area contributed by atoms with Crippen LogP contribution in [0.3, 0.4) is 0 Å². The van der Waals surface area contributed by atoms with Crippen LogP contribution in [0, 0.1) is 11.6 Å². The van der Waals surface area contributed by atoms with Crippen LogP contribution < -0.4 is 5.32 Å². The summed E-state index contributed by atoms with van der Waals surface area (Å²) in [6.07, 6.45) is 1.42. The maximum atomic E-state index is 13.6. The van der Waals surface area contributed by atoms with Crippen LogP contribution >= 0.6 is 36.7 Å². The van der Waals surface area contributed by atoms with Crippen molar-refractivity contribution in [2.45, 2.75) is 37.5 Å². The highest BCUT2D eigenvalue weighted by Crippen LogP contribution is 2.32. The smallest absolute Gasteiger partial charge is 0.258 e. The predicted molar refractivity (Wildman–Crippen MR) is 155 cm³/mol. The number of carbonyl (C=O) groups is 2. The molecule has 0 radical (unpaired) electrons. The lowest BCUT2D eigenvalue weighted by Crippen LogP contribution is -2.61. The summed E-state index contributed by atoms with van der Waals surface area (Å²) in [4.78, 5) is 30.8. The molecule has 8 nitrogen and oxygen atoms in total. The van der Waals surface area contributed by atoms with E-state index >= 15 is 0 Å². The Kier molecular flexibility index (Phi) is 10.7. The lowest BCUT2D eigenvalue weighted by molar-refractivity contribution is -0.152. The molecule has 4 rings (SSSR count). The van der Waals surface area contributed by atoms with E-state index in [0.29, 0.717) is 37.7 Å². The zero-order valence-electron chi connectivity index (χ0n) is 22.3. The summed E-state index contributed by atoms with van der Waals surface area (Å²) in [6, 6.07) is 6.39. The van der Waals surface area contributed by atoms with Gasteiger partial charge in [0, 0.05) is 57.6 Å². The largest absolute Gasteiger partial charge is 0.395 e. The third kappa shape index (κ3) is 7.00. The molecule has 0 bridgehead atoms. The number of likely N-dealkylation sites (N-methyl/N-ethyl adjacent to an activating group) is 1. The molecule has 0 unspecified atom stereocenters. The summed E-state index contributed by atoms with van der Waals surface area (Å²) in [7, 11) is 1.56. The topological polar surface area (TPSA) is 96.4 Å². The number of benzene rings is 2. The van der Waals surface area contributed by atoms with E-state index in [2.05, 4.69) is 10.2 Å². The van der Waals surface area contributed by atoms with Crippen molar-refractivity contribution in [3.05, 3.63) is 63.1 Å². The molecule has 40 heavy (non-hydrogen) atoms. The second kappa shape index (κ2) is 13.2. The minimum atomic E-state index is -2.03. The van der Waals surface area contributed by atoms with E-state index in [1.165, 1.54) is 11.8 Å². The molecule has 13 heteroatoms. The first-order valence-corrected chi connectivity index (χ1v) is 13.5. The summed E-state index contributed by atoms with van der Waals surface area (Å²) >= 11 is 12.7. The quantitative estimate of drug-likeness (QED) is 0.419. The van der Waals surface area contributed by atoms with Gasteiger partial charge in [-0.05, 0) is 49.6 Å². The van der Waals surface area contributed by atoms with Crippen molar-refractivity contribution in [3.63, 3.8) is 0 Å². The maximum absolute atomic E-state index is 13.6. The van der Waals surface area contributed by atoms with E-state index < -0.39 is 23.1 Å². The molecule has 0 spiro atoms. The zero-order chi connectivity index (χ0) is 28.5. The van der Waals surface area contributed by atoms with Crippen molar-refractivity contribution in [1.29, 1.82) is 0 Å². The number of nitrogens with one attached hydrogen (secondary N) is 1. The van der Waals surface area contributed by atoms with Gasteiger partial charge in [-0.1, -0.05) is 23.2 Å². The first-order valence-electron chi connectivity index (χ1n) is 12.7. The number of rotatable bonds is 8. The van der Waals surface area contributed by atoms with Crippen molar-refractivity contribution in [3.8, 4) is 0 Å². The van der Waals surface area contributed by atoms with Gasteiger partial charge >= 0.3 is 0 Å². The van der Waals surface area contributed by atoms with Crippen LogP contribution in [0.5, 0.6) is 0 Å². The van der Waals surface area contributed by atoms with Crippen molar-refractivity contribution in [2.24, 2.45) is 0 Å². The highest BCUT2D eigenvalue weighted by Gasteiger charge is 2.40. The van der Waals surface area contributed by atoms with E-state index in [1.54, 1.807) is 24.1 Å². The van der Waals surface area contributed by atoms with Crippen molar-refractivity contribution in [2.75, 3.05) is 51.7 Å². The third-order valence-electron chi connectivity index (χ3n) is 7.43. The lowest BCUT2D eigenvalue weighted by Gasteiger charge is -2.48. The number of aliphatic hydroxyl groups is 2. The molecule has 0 aromatic heterocycles. The molecule has 2 aliphatic rings. The molecule has 0 saturated carbocycles. The number of hydrogen-bond acceptors (Lipinski definition) is 6. The second-order valence-corrected chi connectivity index (χ2v) is 11.1. The van der Waals surface area contributed by atoms with Crippen LogP contribution in [-0.4, -0.2) is 95.2 Å². The van der Waals surface area contributed by atoms with Gasteiger partial charge in [0.1, 0.15) is 11.6 Å². The molecule has 1 atom stereocenters. The molecule has 2 saturated heterocycles. The first kappa shape index (κ1) is 32.4. The molecule has 220 valence electrons.